The second-order valence-corrected chi connectivity index (χ2v) is 7.67. The van der Waals surface area contributed by atoms with Gasteiger partial charge >= 0.3 is 0 Å². The Kier molecular flexibility index (Phi) is 6.06. The van der Waals surface area contributed by atoms with Crippen molar-refractivity contribution in [3.8, 4) is 5.75 Å². The minimum Gasteiger partial charge on any atom is -0.497 e. The van der Waals surface area contributed by atoms with Gasteiger partial charge in [-0.05, 0) is 42.8 Å². The summed E-state index contributed by atoms with van der Waals surface area (Å²) >= 11 is 0. The number of fused-ring (bicyclic) bond motifs is 1. The van der Waals surface area contributed by atoms with Crippen LogP contribution in [-0.4, -0.2) is 62.0 Å². The summed E-state index contributed by atoms with van der Waals surface area (Å²) in [6, 6.07) is 14.0. The van der Waals surface area contributed by atoms with E-state index in [1.165, 1.54) is 0 Å². The number of rotatable bonds is 5. The minimum absolute atomic E-state index is 0.00167. The molecule has 3 amide bonds. The Labute approximate surface area is 181 Å². The lowest BCUT2D eigenvalue weighted by atomic mass is 10.1. The first-order valence-electron chi connectivity index (χ1n) is 10.4. The van der Waals surface area contributed by atoms with E-state index in [9.17, 15) is 14.4 Å². The Bertz CT molecular complexity index is 968. The molecule has 4 rings (SSSR count). The van der Waals surface area contributed by atoms with Crippen LogP contribution in [0.25, 0.3) is 0 Å². The summed E-state index contributed by atoms with van der Waals surface area (Å²) in [5.41, 5.74) is 2.03. The van der Waals surface area contributed by atoms with Crippen molar-refractivity contribution in [3.63, 3.8) is 0 Å². The standard InChI is InChI=1S/C23H26N4O4/c1-31-17-8-6-16(7-9-17)26-12-14-27(15-13-26)21(28)11-10-20-23(30)24-19-5-3-2-4-18(19)22(29)25-20/h2-9,20H,10-15H2,1H3,(H,24,30)(H,25,29)/t20-/m0/s1. The minimum atomic E-state index is -0.732. The first-order valence-corrected chi connectivity index (χ1v) is 10.4. The predicted molar refractivity (Wildman–Crippen MR) is 117 cm³/mol. The van der Waals surface area contributed by atoms with E-state index >= 15 is 0 Å². The molecule has 162 valence electrons. The number of nitrogens with zero attached hydrogens (tertiary/aromatic N) is 2. The molecular weight excluding hydrogens is 396 g/mol. The number of carbonyl (C=O) groups is 3. The number of benzene rings is 2. The van der Waals surface area contributed by atoms with Crippen LogP contribution in [0.3, 0.4) is 0 Å². The number of methoxy groups -OCH3 is 1. The smallest absolute Gasteiger partial charge is 0.254 e. The van der Waals surface area contributed by atoms with Crippen molar-refractivity contribution in [2.75, 3.05) is 43.5 Å². The van der Waals surface area contributed by atoms with Crippen molar-refractivity contribution in [2.24, 2.45) is 0 Å². The summed E-state index contributed by atoms with van der Waals surface area (Å²) in [5, 5.41) is 5.52. The molecule has 2 aromatic carbocycles. The van der Waals surface area contributed by atoms with Crippen LogP contribution >= 0.6 is 0 Å². The summed E-state index contributed by atoms with van der Waals surface area (Å²) in [4.78, 5) is 41.7. The number of ether oxygens (including phenoxy) is 1. The van der Waals surface area contributed by atoms with Gasteiger partial charge in [0.2, 0.25) is 11.8 Å². The Morgan fingerprint density at radius 2 is 1.74 bits per heavy atom. The molecule has 2 aliphatic rings. The summed E-state index contributed by atoms with van der Waals surface area (Å²) in [5.74, 6) is 0.212. The fourth-order valence-electron chi connectivity index (χ4n) is 3.95. The number of hydrogen-bond donors (Lipinski definition) is 2. The summed E-state index contributed by atoms with van der Waals surface area (Å²) < 4.78 is 5.20. The third-order valence-corrected chi connectivity index (χ3v) is 5.77. The first kappa shape index (κ1) is 20.7. The van der Waals surface area contributed by atoms with Crippen molar-refractivity contribution in [1.82, 2.24) is 10.2 Å². The molecule has 8 heteroatoms. The van der Waals surface area contributed by atoms with Gasteiger partial charge in [0.15, 0.2) is 0 Å². The number of hydrogen-bond acceptors (Lipinski definition) is 5. The van der Waals surface area contributed by atoms with Gasteiger partial charge in [0, 0.05) is 38.3 Å². The van der Waals surface area contributed by atoms with Gasteiger partial charge in [-0.15, -0.1) is 0 Å². The zero-order valence-corrected chi connectivity index (χ0v) is 17.5. The fourth-order valence-corrected chi connectivity index (χ4v) is 3.95. The molecule has 0 aliphatic carbocycles. The maximum absolute atomic E-state index is 12.7. The lowest BCUT2D eigenvalue weighted by Gasteiger charge is -2.36. The van der Waals surface area contributed by atoms with Gasteiger partial charge in [-0.3, -0.25) is 14.4 Å². The predicted octanol–water partition coefficient (Wildman–Crippen LogP) is 1.87. The maximum atomic E-state index is 12.7. The fraction of sp³-hybridized carbons (Fsp3) is 0.348. The highest BCUT2D eigenvalue weighted by atomic mass is 16.5. The third-order valence-electron chi connectivity index (χ3n) is 5.77. The van der Waals surface area contributed by atoms with Crippen LogP contribution in [0.5, 0.6) is 5.75 Å². The normalized spacial score (nSPS) is 18.5. The van der Waals surface area contributed by atoms with Gasteiger partial charge in [0.05, 0.1) is 18.4 Å². The van der Waals surface area contributed by atoms with Crippen molar-refractivity contribution < 1.29 is 19.1 Å². The average Bonchev–Trinajstić information content (AvgIpc) is 2.93. The summed E-state index contributed by atoms with van der Waals surface area (Å²) in [7, 11) is 1.64. The van der Waals surface area contributed by atoms with Gasteiger partial charge in [-0.2, -0.15) is 0 Å². The third kappa shape index (κ3) is 4.63. The van der Waals surface area contributed by atoms with Crippen LogP contribution in [-0.2, 0) is 9.59 Å². The van der Waals surface area contributed by atoms with Gasteiger partial charge < -0.3 is 25.2 Å². The summed E-state index contributed by atoms with van der Waals surface area (Å²) in [6.07, 6.45) is 0.473. The molecule has 0 radical (unpaired) electrons. The number of nitrogens with one attached hydrogen (secondary N) is 2. The molecule has 1 fully saturated rings. The van der Waals surface area contributed by atoms with Crippen molar-refractivity contribution in [2.45, 2.75) is 18.9 Å². The molecule has 1 atom stereocenters. The molecule has 2 aliphatic heterocycles. The van der Waals surface area contributed by atoms with Crippen LogP contribution in [0.1, 0.15) is 23.2 Å². The van der Waals surface area contributed by atoms with Gasteiger partial charge in [0.25, 0.3) is 5.91 Å². The molecule has 0 unspecified atom stereocenters. The molecule has 31 heavy (non-hydrogen) atoms. The van der Waals surface area contributed by atoms with Gasteiger partial charge in [-0.25, -0.2) is 0 Å². The monoisotopic (exact) mass is 422 g/mol. The Hall–Kier alpha value is -3.55. The highest BCUT2D eigenvalue weighted by Gasteiger charge is 2.29. The second-order valence-electron chi connectivity index (χ2n) is 7.67. The highest BCUT2D eigenvalue weighted by Crippen LogP contribution is 2.22. The van der Waals surface area contributed by atoms with E-state index in [-0.39, 0.29) is 30.6 Å². The Morgan fingerprint density at radius 1 is 1.03 bits per heavy atom. The number of amides is 3. The maximum Gasteiger partial charge on any atom is 0.254 e. The van der Waals surface area contributed by atoms with E-state index in [2.05, 4.69) is 15.5 Å². The molecule has 8 nitrogen and oxygen atoms in total. The Morgan fingerprint density at radius 3 is 2.45 bits per heavy atom. The molecule has 0 aromatic heterocycles. The van der Waals surface area contributed by atoms with E-state index in [1.807, 2.05) is 29.2 Å². The van der Waals surface area contributed by atoms with Crippen LogP contribution in [0.15, 0.2) is 48.5 Å². The zero-order valence-electron chi connectivity index (χ0n) is 17.5. The molecule has 2 heterocycles. The quantitative estimate of drug-likeness (QED) is 0.768. The van der Waals surface area contributed by atoms with Crippen LogP contribution in [0.4, 0.5) is 11.4 Å². The molecule has 0 bridgehead atoms. The van der Waals surface area contributed by atoms with E-state index in [1.54, 1.807) is 31.4 Å². The van der Waals surface area contributed by atoms with Crippen LogP contribution < -0.4 is 20.3 Å². The lowest BCUT2D eigenvalue weighted by molar-refractivity contribution is -0.131. The zero-order chi connectivity index (χ0) is 21.8. The highest BCUT2D eigenvalue weighted by molar-refractivity contribution is 6.09. The van der Waals surface area contributed by atoms with Crippen molar-refractivity contribution in [3.05, 3.63) is 54.1 Å². The number of anilines is 2. The lowest BCUT2D eigenvalue weighted by Crippen LogP contribution is -2.49. The van der Waals surface area contributed by atoms with E-state index in [0.29, 0.717) is 24.3 Å². The topological polar surface area (TPSA) is 91.0 Å². The molecule has 2 aromatic rings. The molecule has 0 spiro atoms. The van der Waals surface area contributed by atoms with E-state index in [4.69, 9.17) is 4.74 Å². The second kappa shape index (κ2) is 9.07. The molecule has 0 saturated carbocycles. The van der Waals surface area contributed by atoms with Crippen molar-refractivity contribution in [1.29, 1.82) is 0 Å². The molecule has 1 saturated heterocycles. The van der Waals surface area contributed by atoms with Crippen LogP contribution in [0.2, 0.25) is 0 Å². The molecule has 2 N–H and O–H groups in total. The van der Waals surface area contributed by atoms with Crippen molar-refractivity contribution >= 4 is 29.1 Å². The van der Waals surface area contributed by atoms with Gasteiger partial charge in [0.1, 0.15) is 11.8 Å². The molecular formula is C23H26N4O4. The number of para-hydroxylation sites is 1. The SMILES string of the molecule is COc1ccc(N2CCN(C(=O)CC[C@@H]3NC(=O)c4ccccc4NC3=O)CC2)cc1. The van der Waals surface area contributed by atoms with E-state index in [0.717, 1.165) is 24.5 Å². The van der Waals surface area contributed by atoms with Gasteiger partial charge in [-0.1, -0.05) is 12.1 Å². The number of carbonyl (C=O) groups excluding carboxylic acids is 3. The Balaban J connectivity index is 1.28. The number of piperazine rings is 1. The van der Waals surface area contributed by atoms with E-state index < -0.39 is 6.04 Å². The van der Waals surface area contributed by atoms with Crippen LogP contribution in [0, 0.1) is 0 Å². The average molecular weight is 422 g/mol. The largest absolute Gasteiger partial charge is 0.497 e. The summed E-state index contributed by atoms with van der Waals surface area (Å²) in [6.45, 7) is 2.74. The first-order chi connectivity index (χ1) is 15.0.